The van der Waals surface area contributed by atoms with Gasteiger partial charge in [0.1, 0.15) is 0 Å². The fourth-order valence-corrected chi connectivity index (χ4v) is 1.75. The number of nitrogens with one attached hydrogen (secondary N) is 2. The number of amides is 1. The summed E-state index contributed by atoms with van der Waals surface area (Å²) in [4.78, 5) is 10.9. The molecule has 1 atom stereocenters. The number of hydrogen-bond acceptors (Lipinski definition) is 3. The lowest BCUT2D eigenvalue weighted by atomic mass is 9.96. The van der Waals surface area contributed by atoms with E-state index in [9.17, 15) is 9.90 Å². The molecule has 1 amide bonds. The Morgan fingerprint density at radius 2 is 1.94 bits per heavy atom. The quantitative estimate of drug-likeness (QED) is 0.516. The molecule has 0 heterocycles. The lowest BCUT2D eigenvalue weighted by Crippen LogP contribution is -2.33. The summed E-state index contributed by atoms with van der Waals surface area (Å²) in [6.45, 7) is 5.61. The van der Waals surface area contributed by atoms with Gasteiger partial charge in [0.05, 0.1) is 6.10 Å². The minimum Gasteiger partial charge on any atom is -0.392 e. The van der Waals surface area contributed by atoms with E-state index in [1.54, 1.807) is 7.05 Å². The summed E-state index contributed by atoms with van der Waals surface area (Å²) in [5.41, 5.74) is 0. The summed E-state index contributed by atoms with van der Waals surface area (Å²) >= 11 is 0. The van der Waals surface area contributed by atoms with Crippen molar-refractivity contribution in [2.75, 3.05) is 20.1 Å². The van der Waals surface area contributed by atoms with Gasteiger partial charge in [-0.25, -0.2) is 0 Å². The molecule has 1 unspecified atom stereocenters. The molecule has 0 rings (SSSR count). The molecule has 0 aromatic heterocycles. The Kier molecular flexibility index (Phi) is 9.24. The van der Waals surface area contributed by atoms with Gasteiger partial charge in [-0.15, -0.1) is 0 Å². The molecule has 0 spiro atoms. The molecule has 0 aliphatic heterocycles. The molecule has 0 aliphatic carbocycles. The predicted octanol–water partition coefficient (Wildman–Crippen LogP) is 0.899. The molecule has 0 bridgehead atoms. The van der Waals surface area contributed by atoms with E-state index < -0.39 is 0 Å². The average molecular weight is 230 g/mol. The van der Waals surface area contributed by atoms with Crippen molar-refractivity contribution < 1.29 is 9.90 Å². The fraction of sp³-hybridized carbons (Fsp3) is 0.917. The van der Waals surface area contributed by atoms with Gasteiger partial charge in [-0.2, -0.15) is 0 Å². The number of rotatable bonds is 9. The van der Waals surface area contributed by atoms with Crippen LogP contribution in [0.4, 0.5) is 0 Å². The highest BCUT2D eigenvalue weighted by molar-refractivity contribution is 5.75. The van der Waals surface area contributed by atoms with Gasteiger partial charge < -0.3 is 15.7 Å². The minimum absolute atomic E-state index is 0.0716. The van der Waals surface area contributed by atoms with Crippen LogP contribution in [0.2, 0.25) is 0 Å². The summed E-state index contributed by atoms with van der Waals surface area (Å²) in [6, 6.07) is 0. The highest BCUT2D eigenvalue weighted by Crippen LogP contribution is 2.12. The molecule has 0 fully saturated rings. The van der Waals surface area contributed by atoms with Crippen molar-refractivity contribution >= 4 is 5.91 Å². The van der Waals surface area contributed by atoms with Crippen LogP contribution < -0.4 is 10.6 Å². The second-order valence-corrected chi connectivity index (χ2v) is 4.12. The zero-order valence-corrected chi connectivity index (χ0v) is 10.8. The molecular weight excluding hydrogens is 204 g/mol. The van der Waals surface area contributed by atoms with Crippen LogP contribution in [0.1, 0.15) is 39.5 Å². The van der Waals surface area contributed by atoms with Crippen molar-refractivity contribution in [2.24, 2.45) is 5.92 Å². The fourth-order valence-electron chi connectivity index (χ4n) is 1.75. The van der Waals surface area contributed by atoms with Crippen molar-refractivity contribution in [2.45, 2.75) is 45.6 Å². The molecule has 96 valence electrons. The maximum Gasteiger partial charge on any atom is 0.219 e. The van der Waals surface area contributed by atoms with Crippen LogP contribution in [0.15, 0.2) is 0 Å². The minimum atomic E-state index is -0.269. The van der Waals surface area contributed by atoms with Crippen LogP contribution in [-0.4, -0.2) is 37.3 Å². The molecule has 3 N–H and O–H groups in total. The van der Waals surface area contributed by atoms with Crippen molar-refractivity contribution in [1.29, 1.82) is 0 Å². The molecule has 0 saturated heterocycles. The second-order valence-electron chi connectivity index (χ2n) is 4.12. The van der Waals surface area contributed by atoms with Crippen LogP contribution in [0.25, 0.3) is 0 Å². The van der Waals surface area contributed by atoms with E-state index in [4.69, 9.17) is 0 Å². The summed E-state index contributed by atoms with van der Waals surface area (Å²) in [5, 5.41) is 15.6. The largest absolute Gasteiger partial charge is 0.392 e. The molecule has 0 aromatic rings. The van der Waals surface area contributed by atoms with E-state index >= 15 is 0 Å². The molecule has 0 radical (unpaired) electrons. The molecule has 16 heavy (non-hydrogen) atoms. The predicted molar refractivity (Wildman–Crippen MR) is 66.2 cm³/mol. The van der Waals surface area contributed by atoms with Crippen molar-refractivity contribution in [3.8, 4) is 0 Å². The average Bonchev–Trinajstić information content (AvgIpc) is 2.29. The normalized spacial score (nSPS) is 12.8. The van der Waals surface area contributed by atoms with Crippen molar-refractivity contribution in [3.05, 3.63) is 0 Å². The third-order valence-electron chi connectivity index (χ3n) is 2.98. The zero-order chi connectivity index (χ0) is 12.4. The molecule has 0 aliphatic rings. The first-order valence-corrected chi connectivity index (χ1v) is 6.25. The number of aliphatic hydroxyl groups is 1. The standard InChI is InChI=1S/C12H26N2O2/c1-4-10(5-2)11(15)9-14-8-6-7-12(16)13-3/h10-11,14-15H,4-9H2,1-3H3,(H,13,16). The van der Waals surface area contributed by atoms with E-state index in [2.05, 4.69) is 24.5 Å². The number of carbonyl (C=O) groups excluding carboxylic acids is 1. The van der Waals surface area contributed by atoms with Crippen LogP contribution in [0.3, 0.4) is 0 Å². The van der Waals surface area contributed by atoms with Gasteiger partial charge in [-0.1, -0.05) is 26.7 Å². The van der Waals surface area contributed by atoms with Gasteiger partial charge >= 0.3 is 0 Å². The topological polar surface area (TPSA) is 61.4 Å². The third-order valence-corrected chi connectivity index (χ3v) is 2.98. The SMILES string of the molecule is CCC(CC)C(O)CNCCCC(=O)NC. The van der Waals surface area contributed by atoms with E-state index in [1.165, 1.54) is 0 Å². The van der Waals surface area contributed by atoms with E-state index in [0.717, 1.165) is 25.8 Å². The summed E-state index contributed by atoms with van der Waals surface area (Å²) < 4.78 is 0. The van der Waals surface area contributed by atoms with Crippen molar-refractivity contribution in [3.63, 3.8) is 0 Å². The Morgan fingerprint density at radius 3 is 2.44 bits per heavy atom. The lowest BCUT2D eigenvalue weighted by molar-refractivity contribution is -0.120. The first kappa shape index (κ1) is 15.4. The maximum absolute atomic E-state index is 10.9. The molecule has 0 saturated carbocycles. The van der Waals surface area contributed by atoms with E-state index in [0.29, 0.717) is 18.9 Å². The van der Waals surface area contributed by atoms with Crippen LogP contribution in [0, 0.1) is 5.92 Å². The van der Waals surface area contributed by atoms with E-state index in [1.807, 2.05) is 0 Å². The zero-order valence-electron chi connectivity index (χ0n) is 10.8. The molecule has 0 aromatic carbocycles. The third kappa shape index (κ3) is 6.80. The number of aliphatic hydroxyl groups excluding tert-OH is 1. The maximum atomic E-state index is 10.9. The van der Waals surface area contributed by atoms with Crippen molar-refractivity contribution in [1.82, 2.24) is 10.6 Å². The van der Waals surface area contributed by atoms with Crippen LogP contribution >= 0.6 is 0 Å². The lowest BCUT2D eigenvalue weighted by Gasteiger charge is -2.20. The second kappa shape index (κ2) is 9.60. The summed E-state index contributed by atoms with van der Waals surface area (Å²) in [6.07, 6.45) is 3.12. The smallest absolute Gasteiger partial charge is 0.219 e. The number of carbonyl (C=O) groups is 1. The van der Waals surface area contributed by atoms with Crippen LogP contribution in [0.5, 0.6) is 0 Å². The van der Waals surface area contributed by atoms with Crippen LogP contribution in [-0.2, 0) is 4.79 Å². The Morgan fingerprint density at radius 1 is 1.31 bits per heavy atom. The highest BCUT2D eigenvalue weighted by Gasteiger charge is 2.14. The molecule has 4 heteroatoms. The van der Waals surface area contributed by atoms with Gasteiger partial charge in [0.15, 0.2) is 0 Å². The van der Waals surface area contributed by atoms with Gasteiger partial charge in [0.25, 0.3) is 0 Å². The first-order chi connectivity index (χ1) is 7.65. The van der Waals surface area contributed by atoms with Gasteiger partial charge in [-0.3, -0.25) is 4.79 Å². The van der Waals surface area contributed by atoms with Gasteiger partial charge in [0.2, 0.25) is 5.91 Å². The monoisotopic (exact) mass is 230 g/mol. The van der Waals surface area contributed by atoms with Gasteiger partial charge in [-0.05, 0) is 18.9 Å². The molecular formula is C12H26N2O2. The Balaban J connectivity index is 3.47. The Labute approximate surface area is 98.8 Å². The van der Waals surface area contributed by atoms with Gasteiger partial charge in [0, 0.05) is 20.0 Å². The Hall–Kier alpha value is -0.610. The van der Waals surface area contributed by atoms with E-state index in [-0.39, 0.29) is 12.0 Å². The summed E-state index contributed by atoms with van der Waals surface area (Å²) in [5.74, 6) is 0.453. The molecule has 4 nitrogen and oxygen atoms in total. The number of hydrogen-bond donors (Lipinski definition) is 3. The Bertz CT molecular complexity index is 182. The first-order valence-electron chi connectivity index (χ1n) is 6.25. The highest BCUT2D eigenvalue weighted by atomic mass is 16.3. The summed E-state index contributed by atoms with van der Waals surface area (Å²) in [7, 11) is 1.65.